The number of nitrogens with zero attached hydrogens (tertiary/aromatic N) is 1. The minimum atomic E-state index is -0.831. The Labute approximate surface area is 107 Å². The van der Waals surface area contributed by atoms with Crippen molar-refractivity contribution in [3.8, 4) is 0 Å². The fourth-order valence-corrected chi connectivity index (χ4v) is 0.786. The van der Waals surface area contributed by atoms with Gasteiger partial charge in [-0.1, -0.05) is 0 Å². The molecule has 0 bridgehead atoms. The van der Waals surface area contributed by atoms with E-state index in [4.69, 9.17) is 5.73 Å². The van der Waals surface area contributed by atoms with Gasteiger partial charge in [0, 0.05) is 22.8 Å². The quantitative estimate of drug-likeness (QED) is 0.517. The van der Waals surface area contributed by atoms with Crippen molar-refractivity contribution in [2.45, 2.75) is 13.8 Å². The SMILES string of the molecule is C/C(=C\N)NC(=O)ON(C)OC(=O)N/C(C)=C/P. The zero-order valence-corrected chi connectivity index (χ0v) is 11.5. The summed E-state index contributed by atoms with van der Waals surface area (Å²) in [6.45, 7) is 3.24. The predicted molar refractivity (Wildman–Crippen MR) is 68.4 cm³/mol. The van der Waals surface area contributed by atoms with E-state index in [1.54, 1.807) is 19.7 Å². The van der Waals surface area contributed by atoms with Crippen LogP contribution < -0.4 is 16.4 Å². The first-order valence-corrected chi connectivity index (χ1v) is 5.54. The van der Waals surface area contributed by atoms with Crippen LogP contribution in [-0.2, 0) is 9.68 Å². The van der Waals surface area contributed by atoms with Crippen molar-refractivity contribution in [2.75, 3.05) is 7.05 Å². The minimum absolute atomic E-state index is 0.402. The fourth-order valence-electron chi connectivity index (χ4n) is 0.703. The molecule has 0 heterocycles. The van der Waals surface area contributed by atoms with E-state index in [2.05, 4.69) is 29.5 Å². The van der Waals surface area contributed by atoms with E-state index >= 15 is 0 Å². The van der Waals surface area contributed by atoms with Gasteiger partial charge in [-0.05, 0) is 19.7 Å². The third-order valence-electron chi connectivity index (χ3n) is 1.52. The second kappa shape index (κ2) is 8.32. The van der Waals surface area contributed by atoms with E-state index in [9.17, 15) is 9.59 Å². The predicted octanol–water partition coefficient (Wildman–Crippen LogP) is 0.757. The van der Waals surface area contributed by atoms with Crippen molar-refractivity contribution in [1.29, 1.82) is 0 Å². The lowest BCUT2D eigenvalue weighted by molar-refractivity contribution is -0.278. The van der Waals surface area contributed by atoms with Crippen LogP contribution in [0.3, 0.4) is 0 Å². The van der Waals surface area contributed by atoms with Gasteiger partial charge in [-0.2, -0.15) is 0 Å². The molecule has 1 unspecified atom stereocenters. The summed E-state index contributed by atoms with van der Waals surface area (Å²) in [6, 6.07) is 0. The average Bonchev–Trinajstić information content (AvgIpc) is 2.27. The number of allylic oxidation sites excluding steroid dienone is 2. The molecule has 0 rings (SSSR count). The number of amides is 2. The highest BCUT2D eigenvalue weighted by Crippen LogP contribution is 1.96. The molecule has 0 radical (unpaired) electrons. The summed E-state index contributed by atoms with van der Waals surface area (Å²) in [6.07, 6.45) is -0.419. The lowest BCUT2D eigenvalue weighted by atomic mass is 10.5. The summed E-state index contributed by atoms with van der Waals surface area (Å²) in [4.78, 5) is 31.6. The largest absolute Gasteiger partial charge is 0.433 e. The maximum absolute atomic E-state index is 11.2. The molecular formula is C9H17N4O4P. The lowest BCUT2D eigenvalue weighted by Gasteiger charge is -2.15. The Morgan fingerprint density at radius 2 is 1.61 bits per heavy atom. The Morgan fingerprint density at radius 1 is 1.17 bits per heavy atom. The molecule has 1 atom stereocenters. The maximum atomic E-state index is 11.2. The van der Waals surface area contributed by atoms with Gasteiger partial charge < -0.3 is 15.4 Å². The molecular weight excluding hydrogens is 259 g/mol. The Bertz CT molecular complexity index is 336. The van der Waals surface area contributed by atoms with Crippen LogP contribution in [0.5, 0.6) is 0 Å². The molecule has 0 aliphatic rings. The summed E-state index contributed by atoms with van der Waals surface area (Å²) < 4.78 is 0. The minimum Gasteiger partial charge on any atom is -0.403 e. The number of hydrogen-bond donors (Lipinski definition) is 3. The maximum Gasteiger partial charge on any atom is 0.433 e. The molecule has 9 heteroatoms. The zero-order chi connectivity index (χ0) is 14.1. The summed E-state index contributed by atoms with van der Waals surface area (Å²) in [5, 5.41) is 5.29. The van der Waals surface area contributed by atoms with Crippen molar-refractivity contribution in [2.24, 2.45) is 5.73 Å². The third kappa shape index (κ3) is 7.48. The van der Waals surface area contributed by atoms with Gasteiger partial charge in [0.05, 0.1) is 7.05 Å². The Balaban J connectivity index is 4.07. The number of carbonyl (C=O) groups is 2. The topological polar surface area (TPSA) is 106 Å². The van der Waals surface area contributed by atoms with Crippen molar-refractivity contribution in [3.05, 3.63) is 23.4 Å². The Morgan fingerprint density at radius 3 is 2.00 bits per heavy atom. The van der Waals surface area contributed by atoms with Crippen LogP contribution in [0.4, 0.5) is 9.59 Å². The highest BCUT2D eigenvalue weighted by molar-refractivity contribution is 7.20. The molecule has 0 saturated carbocycles. The smallest absolute Gasteiger partial charge is 0.403 e. The molecule has 0 aliphatic carbocycles. The van der Waals surface area contributed by atoms with Crippen molar-refractivity contribution >= 4 is 21.4 Å². The number of rotatable bonds is 4. The lowest BCUT2D eigenvalue weighted by Crippen LogP contribution is -2.35. The van der Waals surface area contributed by atoms with Crippen LogP contribution in [0.2, 0.25) is 0 Å². The van der Waals surface area contributed by atoms with Crippen molar-refractivity contribution < 1.29 is 19.3 Å². The van der Waals surface area contributed by atoms with Gasteiger partial charge >= 0.3 is 12.2 Å². The van der Waals surface area contributed by atoms with Crippen LogP contribution in [0.15, 0.2) is 23.4 Å². The molecule has 2 amide bonds. The first kappa shape index (κ1) is 16.2. The van der Waals surface area contributed by atoms with E-state index in [-0.39, 0.29) is 0 Å². The molecule has 102 valence electrons. The highest BCUT2D eigenvalue weighted by atomic mass is 31.0. The molecule has 0 aromatic heterocycles. The standard InChI is InChI=1S/C9H17N4O4P/c1-6(4-10)11-8(14)16-13(3)17-9(15)12-7(2)5-18/h4-5H,10,18H2,1-3H3,(H,11,14)(H,12,15)/b6-4+,7-5+. The van der Waals surface area contributed by atoms with Crippen molar-refractivity contribution in [1.82, 2.24) is 15.9 Å². The van der Waals surface area contributed by atoms with E-state index < -0.39 is 12.2 Å². The Hall–Kier alpha value is -1.79. The molecule has 8 nitrogen and oxygen atoms in total. The van der Waals surface area contributed by atoms with Crippen LogP contribution in [0.1, 0.15) is 13.8 Å². The summed E-state index contributed by atoms with van der Waals surface area (Å²) in [5.41, 5.74) is 6.13. The van der Waals surface area contributed by atoms with Crippen LogP contribution in [0, 0.1) is 0 Å². The molecule has 0 saturated heterocycles. The van der Waals surface area contributed by atoms with Crippen LogP contribution >= 0.6 is 9.24 Å². The molecule has 0 aromatic carbocycles. The van der Waals surface area contributed by atoms with Gasteiger partial charge in [0.15, 0.2) is 0 Å². The van der Waals surface area contributed by atoms with Gasteiger partial charge in [0.2, 0.25) is 0 Å². The molecule has 4 N–H and O–H groups in total. The highest BCUT2D eigenvalue weighted by Gasteiger charge is 2.12. The second-order valence-electron chi connectivity index (χ2n) is 3.15. The fraction of sp³-hybridized carbons (Fsp3) is 0.333. The average molecular weight is 276 g/mol. The number of nitrogens with one attached hydrogen (secondary N) is 2. The van der Waals surface area contributed by atoms with E-state index in [1.165, 1.54) is 13.2 Å². The summed E-state index contributed by atoms with van der Waals surface area (Å²) in [5.74, 6) is 1.60. The summed E-state index contributed by atoms with van der Waals surface area (Å²) >= 11 is 0. The second-order valence-corrected chi connectivity index (χ2v) is 3.48. The third-order valence-corrected chi connectivity index (χ3v) is 2.02. The molecule has 0 fully saturated rings. The van der Waals surface area contributed by atoms with Gasteiger partial charge in [-0.15, -0.1) is 9.24 Å². The molecule has 18 heavy (non-hydrogen) atoms. The Kier molecular flexibility index (Phi) is 7.50. The van der Waals surface area contributed by atoms with Gasteiger partial charge in [0.25, 0.3) is 0 Å². The normalized spacial score (nSPS) is 12.1. The number of carbonyl (C=O) groups excluding carboxylic acids is 2. The number of hydrogen-bond acceptors (Lipinski definition) is 6. The molecule has 0 aromatic rings. The number of hydroxylamine groups is 2. The zero-order valence-electron chi connectivity index (χ0n) is 10.4. The summed E-state index contributed by atoms with van der Waals surface area (Å²) in [7, 11) is 3.57. The van der Waals surface area contributed by atoms with Gasteiger partial charge in [0.1, 0.15) is 0 Å². The monoisotopic (exact) mass is 276 g/mol. The van der Waals surface area contributed by atoms with Crippen LogP contribution in [-0.4, -0.2) is 24.5 Å². The van der Waals surface area contributed by atoms with E-state index in [0.29, 0.717) is 16.6 Å². The van der Waals surface area contributed by atoms with Crippen molar-refractivity contribution in [3.63, 3.8) is 0 Å². The van der Waals surface area contributed by atoms with Gasteiger partial charge in [-0.25, -0.2) is 9.59 Å². The number of nitrogens with two attached hydrogens (primary N) is 1. The first-order valence-electron chi connectivity index (χ1n) is 4.87. The van der Waals surface area contributed by atoms with E-state index in [0.717, 1.165) is 0 Å². The van der Waals surface area contributed by atoms with Gasteiger partial charge in [-0.3, -0.25) is 10.6 Å². The van der Waals surface area contributed by atoms with Crippen LogP contribution in [0.25, 0.3) is 0 Å². The van der Waals surface area contributed by atoms with E-state index in [1.807, 2.05) is 0 Å². The molecule has 0 spiro atoms. The first-order chi connectivity index (χ1) is 8.38. The molecule has 0 aliphatic heterocycles.